The van der Waals surface area contributed by atoms with Crippen LogP contribution in [0.2, 0.25) is 0 Å². The van der Waals surface area contributed by atoms with Gasteiger partial charge in [0.15, 0.2) is 0 Å². The van der Waals surface area contributed by atoms with Crippen LogP contribution in [0.3, 0.4) is 0 Å². The van der Waals surface area contributed by atoms with Crippen LogP contribution in [0.1, 0.15) is 6.42 Å². The molecular weight excluding hydrogens is 152 g/mol. The molecule has 1 rings (SSSR count). The molecule has 0 radical (unpaired) electrons. The van der Waals surface area contributed by atoms with Crippen molar-refractivity contribution in [3.05, 3.63) is 0 Å². The van der Waals surface area contributed by atoms with Gasteiger partial charge in [-0.3, -0.25) is 10.3 Å². The van der Waals surface area contributed by atoms with Gasteiger partial charge in [-0.1, -0.05) is 0 Å². The van der Waals surface area contributed by atoms with Crippen molar-refractivity contribution in [3.63, 3.8) is 0 Å². The molecule has 4 nitrogen and oxygen atoms in total. The lowest BCUT2D eigenvalue weighted by atomic mass is 10.1. The first kappa shape index (κ1) is 9.48. The molecule has 0 aromatic heterocycles. The summed E-state index contributed by atoms with van der Waals surface area (Å²) in [5.41, 5.74) is 5.47. The fraction of sp³-hybridized carbons (Fsp3) is 0.875. The summed E-state index contributed by atoms with van der Waals surface area (Å²) in [6.07, 6.45) is 0.985. The van der Waals surface area contributed by atoms with Crippen LogP contribution < -0.4 is 5.73 Å². The highest BCUT2D eigenvalue weighted by molar-refractivity contribution is 5.83. The van der Waals surface area contributed by atoms with Gasteiger partial charge in [-0.25, -0.2) is 0 Å². The van der Waals surface area contributed by atoms with E-state index in [0.29, 0.717) is 11.9 Å². The van der Waals surface area contributed by atoms with Gasteiger partial charge in [-0.05, 0) is 27.6 Å². The average Bonchev–Trinajstić information content (AvgIpc) is 2.30. The highest BCUT2D eigenvalue weighted by Crippen LogP contribution is 2.18. The summed E-state index contributed by atoms with van der Waals surface area (Å²) in [5.74, 6) is 0.293. The maximum atomic E-state index is 7.37. The Hall–Kier alpha value is -0.610. The maximum absolute atomic E-state index is 7.37. The van der Waals surface area contributed by atoms with E-state index < -0.39 is 0 Å². The van der Waals surface area contributed by atoms with Crippen LogP contribution in [-0.2, 0) is 0 Å². The molecule has 1 aliphatic rings. The van der Waals surface area contributed by atoms with E-state index in [2.05, 4.69) is 23.9 Å². The molecule has 0 spiro atoms. The third-order valence-corrected chi connectivity index (χ3v) is 2.62. The molecular formula is C8H18N4. The van der Waals surface area contributed by atoms with Crippen molar-refractivity contribution in [3.8, 4) is 0 Å². The van der Waals surface area contributed by atoms with Gasteiger partial charge in [0.25, 0.3) is 0 Å². The number of likely N-dealkylation sites (N-methyl/N-ethyl adjacent to an activating group) is 2. The molecule has 0 aromatic rings. The SMILES string of the molecule is CN(C)[C@H]1C[C@@H](C(=N)N)N(C)C1. The van der Waals surface area contributed by atoms with Crippen LogP contribution >= 0.6 is 0 Å². The van der Waals surface area contributed by atoms with Crippen molar-refractivity contribution < 1.29 is 0 Å². The normalized spacial score (nSPS) is 31.3. The number of hydrogen-bond acceptors (Lipinski definition) is 3. The highest BCUT2D eigenvalue weighted by atomic mass is 15.2. The number of nitrogens with one attached hydrogen (secondary N) is 1. The van der Waals surface area contributed by atoms with Crippen molar-refractivity contribution >= 4 is 5.84 Å². The number of nitrogens with zero attached hydrogens (tertiary/aromatic N) is 2. The topological polar surface area (TPSA) is 56.4 Å². The third kappa shape index (κ3) is 1.76. The molecule has 1 saturated heterocycles. The lowest BCUT2D eigenvalue weighted by Crippen LogP contribution is -2.37. The van der Waals surface area contributed by atoms with Crippen LogP contribution in [0.25, 0.3) is 0 Å². The number of hydrogen-bond donors (Lipinski definition) is 2. The summed E-state index contributed by atoms with van der Waals surface area (Å²) in [7, 11) is 6.16. The molecule has 1 fully saturated rings. The molecule has 0 aromatic carbocycles. The molecule has 0 unspecified atom stereocenters. The van der Waals surface area contributed by atoms with Crippen molar-refractivity contribution in [2.24, 2.45) is 5.73 Å². The van der Waals surface area contributed by atoms with E-state index in [9.17, 15) is 0 Å². The van der Waals surface area contributed by atoms with Crippen molar-refractivity contribution in [1.29, 1.82) is 5.41 Å². The minimum atomic E-state index is 0.150. The van der Waals surface area contributed by atoms with Gasteiger partial charge >= 0.3 is 0 Å². The zero-order chi connectivity index (χ0) is 9.30. The van der Waals surface area contributed by atoms with E-state index >= 15 is 0 Å². The lowest BCUT2D eigenvalue weighted by molar-refractivity contribution is 0.286. The van der Waals surface area contributed by atoms with Gasteiger partial charge in [-0.15, -0.1) is 0 Å². The molecule has 1 heterocycles. The van der Waals surface area contributed by atoms with E-state index in [-0.39, 0.29) is 6.04 Å². The molecule has 4 heteroatoms. The Balaban J connectivity index is 2.56. The largest absolute Gasteiger partial charge is 0.386 e. The van der Waals surface area contributed by atoms with Gasteiger partial charge < -0.3 is 10.6 Å². The minimum Gasteiger partial charge on any atom is -0.386 e. The molecule has 0 bridgehead atoms. The summed E-state index contributed by atoms with van der Waals surface area (Å²) in [6, 6.07) is 0.696. The first-order chi connectivity index (χ1) is 5.52. The maximum Gasteiger partial charge on any atom is 0.108 e. The summed E-state index contributed by atoms with van der Waals surface area (Å²) in [5, 5.41) is 7.37. The summed E-state index contributed by atoms with van der Waals surface area (Å²) in [6.45, 7) is 1.01. The van der Waals surface area contributed by atoms with Gasteiger partial charge in [0.1, 0.15) is 5.84 Å². The van der Waals surface area contributed by atoms with Crippen molar-refractivity contribution in [2.75, 3.05) is 27.7 Å². The Bertz CT molecular complexity index is 178. The van der Waals surface area contributed by atoms with Gasteiger partial charge in [-0.2, -0.15) is 0 Å². The monoisotopic (exact) mass is 170 g/mol. The first-order valence-electron chi connectivity index (χ1n) is 4.23. The Labute approximate surface area is 73.8 Å². The minimum absolute atomic E-state index is 0.150. The molecule has 0 amide bonds. The Kier molecular flexibility index (Phi) is 2.69. The zero-order valence-electron chi connectivity index (χ0n) is 8.04. The van der Waals surface area contributed by atoms with Crippen LogP contribution in [0.15, 0.2) is 0 Å². The summed E-state index contributed by atoms with van der Waals surface area (Å²) >= 11 is 0. The lowest BCUT2D eigenvalue weighted by Gasteiger charge is -2.17. The predicted octanol–water partition coefficient (Wildman–Crippen LogP) is -0.443. The Morgan fingerprint density at radius 2 is 2.17 bits per heavy atom. The van der Waals surface area contributed by atoms with Crippen molar-refractivity contribution in [2.45, 2.75) is 18.5 Å². The van der Waals surface area contributed by atoms with E-state index in [4.69, 9.17) is 11.1 Å². The summed E-state index contributed by atoms with van der Waals surface area (Å²) in [4.78, 5) is 4.34. The van der Waals surface area contributed by atoms with E-state index in [0.717, 1.165) is 13.0 Å². The van der Waals surface area contributed by atoms with Crippen LogP contribution in [0.4, 0.5) is 0 Å². The van der Waals surface area contributed by atoms with E-state index in [1.165, 1.54) is 0 Å². The fourth-order valence-electron chi connectivity index (χ4n) is 1.71. The molecule has 1 aliphatic heterocycles. The molecule has 70 valence electrons. The molecule has 0 aliphatic carbocycles. The third-order valence-electron chi connectivity index (χ3n) is 2.62. The van der Waals surface area contributed by atoms with Crippen LogP contribution in [-0.4, -0.2) is 55.4 Å². The standard InChI is InChI=1S/C8H18N4/c1-11(2)6-4-7(8(9)10)12(3)5-6/h6-7H,4-5H2,1-3H3,(H3,9,10)/t6-,7-/m0/s1. The smallest absolute Gasteiger partial charge is 0.108 e. The second-order valence-corrected chi connectivity index (χ2v) is 3.76. The zero-order valence-corrected chi connectivity index (χ0v) is 8.04. The molecule has 2 atom stereocenters. The average molecular weight is 170 g/mol. The highest BCUT2D eigenvalue weighted by Gasteiger charge is 2.32. The van der Waals surface area contributed by atoms with Gasteiger partial charge in [0.05, 0.1) is 6.04 Å². The Morgan fingerprint density at radius 3 is 2.42 bits per heavy atom. The van der Waals surface area contributed by atoms with E-state index in [1.807, 2.05) is 7.05 Å². The fourth-order valence-corrected chi connectivity index (χ4v) is 1.71. The van der Waals surface area contributed by atoms with Crippen molar-refractivity contribution in [1.82, 2.24) is 9.80 Å². The van der Waals surface area contributed by atoms with Crippen LogP contribution in [0, 0.1) is 5.41 Å². The van der Waals surface area contributed by atoms with Crippen LogP contribution in [0.5, 0.6) is 0 Å². The van der Waals surface area contributed by atoms with Gasteiger partial charge in [0.2, 0.25) is 0 Å². The van der Waals surface area contributed by atoms with Gasteiger partial charge in [0, 0.05) is 12.6 Å². The quantitative estimate of drug-likeness (QED) is 0.436. The molecule has 0 saturated carbocycles. The second kappa shape index (κ2) is 3.41. The molecule has 3 N–H and O–H groups in total. The summed E-state index contributed by atoms with van der Waals surface area (Å²) < 4.78 is 0. The van der Waals surface area contributed by atoms with E-state index in [1.54, 1.807) is 0 Å². The Morgan fingerprint density at radius 1 is 1.58 bits per heavy atom. The number of nitrogens with two attached hydrogens (primary N) is 1. The number of rotatable bonds is 2. The second-order valence-electron chi connectivity index (χ2n) is 3.76. The number of amidine groups is 1. The first-order valence-corrected chi connectivity index (χ1v) is 4.23. The number of likely N-dealkylation sites (tertiary alicyclic amines) is 1. The predicted molar refractivity (Wildman–Crippen MR) is 50.4 cm³/mol. The molecule has 12 heavy (non-hydrogen) atoms.